The number of nitrogens with two attached hydrogens (primary N) is 1. The van der Waals surface area contributed by atoms with Crippen LogP contribution < -0.4 is 5.73 Å². The van der Waals surface area contributed by atoms with Crippen LogP contribution in [0, 0.1) is 5.92 Å². The summed E-state index contributed by atoms with van der Waals surface area (Å²) in [6.07, 6.45) is 1.16. The lowest BCUT2D eigenvalue weighted by Gasteiger charge is -2.17. The van der Waals surface area contributed by atoms with E-state index in [0.717, 1.165) is 11.6 Å². The van der Waals surface area contributed by atoms with Gasteiger partial charge in [-0.25, -0.2) is 0 Å². The van der Waals surface area contributed by atoms with E-state index in [9.17, 15) is 0 Å². The number of rotatable bonds is 2. The van der Waals surface area contributed by atoms with Gasteiger partial charge in [0.05, 0.1) is 6.04 Å². The molecule has 1 heterocycles. The molecule has 2 nitrogen and oxygen atoms in total. The van der Waals surface area contributed by atoms with Crippen molar-refractivity contribution in [2.45, 2.75) is 38.5 Å². The van der Waals surface area contributed by atoms with E-state index in [-0.39, 0.29) is 0 Å². The zero-order valence-electron chi connectivity index (χ0n) is 7.37. The molecular formula is C8H16N2S. The maximum Gasteiger partial charge on any atom is 0.154 e. The molecular weight excluding hydrogens is 156 g/mol. The maximum atomic E-state index is 5.64. The lowest BCUT2D eigenvalue weighted by Crippen LogP contribution is -2.22. The molecule has 0 aromatic carbocycles. The highest BCUT2D eigenvalue weighted by molar-refractivity contribution is 8.14. The van der Waals surface area contributed by atoms with Gasteiger partial charge in [-0.15, -0.1) is 0 Å². The molecule has 64 valence electrons. The van der Waals surface area contributed by atoms with Gasteiger partial charge in [0.2, 0.25) is 0 Å². The van der Waals surface area contributed by atoms with Crippen LogP contribution in [0.3, 0.4) is 0 Å². The van der Waals surface area contributed by atoms with Crippen LogP contribution in [0.5, 0.6) is 0 Å². The summed E-state index contributed by atoms with van der Waals surface area (Å²) in [5.41, 5.74) is 5.64. The van der Waals surface area contributed by atoms with Crippen molar-refractivity contribution in [2.75, 3.05) is 0 Å². The lowest BCUT2D eigenvalue weighted by atomic mass is 10.0. The van der Waals surface area contributed by atoms with Crippen LogP contribution in [0.4, 0.5) is 0 Å². The Morgan fingerprint density at radius 3 is 2.64 bits per heavy atom. The van der Waals surface area contributed by atoms with Crippen LogP contribution in [0.25, 0.3) is 0 Å². The van der Waals surface area contributed by atoms with Gasteiger partial charge in [0.1, 0.15) is 0 Å². The number of hydrogen-bond acceptors (Lipinski definition) is 3. The van der Waals surface area contributed by atoms with Gasteiger partial charge < -0.3 is 5.73 Å². The number of thioether (sulfide) groups is 1. The fourth-order valence-corrected chi connectivity index (χ4v) is 2.56. The molecule has 0 radical (unpaired) electrons. The van der Waals surface area contributed by atoms with Gasteiger partial charge in [0, 0.05) is 5.25 Å². The molecule has 0 amide bonds. The van der Waals surface area contributed by atoms with E-state index in [4.69, 9.17) is 5.73 Å². The van der Waals surface area contributed by atoms with Crippen molar-refractivity contribution in [3.8, 4) is 0 Å². The maximum absolute atomic E-state index is 5.64. The normalized spacial score (nSPS) is 31.1. The Labute approximate surface area is 72.6 Å². The standard InChI is InChI=1S/C8H16N2S/c1-4-6-7(5(2)3)10-8(9)11-6/h5-7H,4H2,1-3H3,(H2,9,10). The van der Waals surface area contributed by atoms with Crippen molar-refractivity contribution in [1.29, 1.82) is 0 Å². The van der Waals surface area contributed by atoms with Crippen LogP contribution in [-0.2, 0) is 0 Å². The summed E-state index contributed by atoms with van der Waals surface area (Å²) in [5.74, 6) is 0.619. The minimum Gasteiger partial charge on any atom is -0.379 e. The topological polar surface area (TPSA) is 38.4 Å². The Hall–Kier alpha value is -0.180. The molecule has 0 aliphatic carbocycles. The summed E-state index contributed by atoms with van der Waals surface area (Å²) in [6, 6.07) is 0.449. The number of nitrogens with zero attached hydrogens (tertiary/aromatic N) is 1. The smallest absolute Gasteiger partial charge is 0.154 e. The first-order valence-electron chi connectivity index (χ1n) is 4.15. The summed E-state index contributed by atoms with van der Waals surface area (Å²) >= 11 is 1.73. The van der Waals surface area contributed by atoms with Crippen LogP contribution in [0.2, 0.25) is 0 Å². The van der Waals surface area contributed by atoms with Gasteiger partial charge in [-0.1, -0.05) is 32.5 Å². The van der Waals surface area contributed by atoms with E-state index >= 15 is 0 Å². The van der Waals surface area contributed by atoms with Crippen LogP contribution in [0.1, 0.15) is 27.2 Å². The molecule has 2 atom stereocenters. The molecule has 11 heavy (non-hydrogen) atoms. The minimum absolute atomic E-state index is 0.449. The average molecular weight is 172 g/mol. The molecule has 0 spiro atoms. The Balaban J connectivity index is 2.61. The summed E-state index contributed by atoms with van der Waals surface area (Å²) < 4.78 is 0. The van der Waals surface area contributed by atoms with Crippen molar-refractivity contribution in [3.05, 3.63) is 0 Å². The Morgan fingerprint density at radius 1 is 1.64 bits per heavy atom. The van der Waals surface area contributed by atoms with Gasteiger partial charge in [0.25, 0.3) is 0 Å². The molecule has 0 fully saturated rings. The third kappa shape index (κ3) is 1.89. The third-order valence-electron chi connectivity index (χ3n) is 2.01. The van der Waals surface area contributed by atoms with E-state index in [1.54, 1.807) is 11.8 Å². The molecule has 1 aliphatic rings. The van der Waals surface area contributed by atoms with Crippen LogP contribution >= 0.6 is 11.8 Å². The first-order valence-corrected chi connectivity index (χ1v) is 5.03. The monoisotopic (exact) mass is 172 g/mol. The van der Waals surface area contributed by atoms with Crippen molar-refractivity contribution < 1.29 is 0 Å². The van der Waals surface area contributed by atoms with Gasteiger partial charge in [-0.3, -0.25) is 4.99 Å². The Bertz CT molecular complexity index is 165. The zero-order valence-corrected chi connectivity index (χ0v) is 8.19. The largest absolute Gasteiger partial charge is 0.379 e. The first-order chi connectivity index (χ1) is 5.15. The first kappa shape index (κ1) is 8.91. The third-order valence-corrected chi connectivity index (χ3v) is 3.28. The van der Waals surface area contributed by atoms with Crippen LogP contribution in [-0.4, -0.2) is 16.5 Å². The van der Waals surface area contributed by atoms with E-state index in [1.807, 2.05) is 0 Å². The molecule has 2 unspecified atom stereocenters. The van der Waals surface area contributed by atoms with E-state index in [0.29, 0.717) is 17.2 Å². The van der Waals surface area contributed by atoms with Gasteiger partial charge in [-0.05, 0) is 12.3 Å². The second kappa shape index (κ2) is 3.48. The average Bonchev–Trinajstić information content (AvgIpc) is 2.30. The molecule has 1 aliphatic heterocycles. The predicted molar refractivity (Wildman–Crippen MR) is 51.9 cm³/mol. The fourth-order valence-electron chi connectivity index (χ4n) is 1.39. The highest BCUT2D eigenvalue weighted by Gasteiger charge is 2.29. The minimum atomic E-state index is 0.449. The van der Waals surface area contributed by atoms with Gasteiger partial charge in [-0.2, -0.15) is 0 Å². The molecule has 3 heteroatoms. The van der Waals surface area contributed by atoms with Crippen molar-refractivity contribution in [1.82, 2.24) is 0 Å². The molecule has 0 saturated heterocycles. The summed E-state index contributed by atoms with van der Waals surface area (Å²) in [7, 11) is 0. The molecule has 0 bridgehead atoms. The number of amidine groups is 1. The van der Waals surface area contributed by atoms with E-state index in [2.05, 4.69) is 25.8 Å². The van der Waals surface area contributed by atoms with Crippen LogP contribution in [0.15, 0.2) is 4.99 Å². The summed E-state index contributed by atoms with van der Waals surface area (Å²) in [4.78, 5) is 4.40. The number of hydrogen-bond donors (Lipinski definition) is 1. The molecule has 1 rings (SSSR count). The van der Waals surface area contributed by atoms with Gasteiger partial charge >= 0.3 is 0 Å². The zero-order chi connectivity index (χ0) is 8.43. The highest BCUT2D eigenvalue weighted by atomic mass is 32.2. The Kier molecular flexibility index (Phi) is 2.82. The van der Waals surface area contributed by atoms with Crippen molar-refractivity contribution in [3.63, 3.8) is 0 Å². The van der Waals surface area contributed by atoms with Crippen molar-refractivity contribution in [2.24, 2.45) is 16.6 Å². The lowest BCUT2D eigenvalue weighted by molar-refractivity contribution is 0.479. The van der Waals surface area contributed by atoms with Crippen molar-refractivity contribution >= 4 is 16.9 Å². The van der Waals surface area contributed by atoms with E-state index in [1.165, 1.54) is 0 Å². The summed E-state index contributed by atoms with van der Waals surface area (Å²) in [6.45, 7) is 6.60. The SMILES string of the molecule is CCC1SC(N)=NC1C(C)C. The Morgan fingerprint density at radius 2 is 2.27 bits per heavy atom. The van der Waals surface area contributed by atoms with E-state index < -0.39 is 0 Å². The molecule has 0 saturated carbocycles. The highest BCUT2D eigenvalue weighted by Crippen LogP contribution is 2.31. The number of aliphatic imine (C=N–C) groups is 1. The fraction of sp³-hybridized carbons (Fsp3) is 0.875. The molecule has 0 aromatic rings. The molecule has 2 N–H and O–H groups in total. The van der Waals surface area contributed by atoms with Gasteiger partial charge in [0.15, 0.2) is 5.17 Å². The quantitative estimate of drug-likeness (QED) is 0.690. The second-order valence-corrected chi connectivity index (χ2v) is 4.53. The predicted octanol–water partition coefficient (Wildman–Crippen LogP) is 1.85. The summed E-state index contributed by atoms with van der Waals surface area (Å²) in [5, 5.41) is 1.39. The second-order valence-electron chi connectivity index (χ2n) is 3.27. The molecule has 0 aromatic heterocycles.